The number of aromatic hydroxyl groups is 1. The number of nitrogens with zero attached hydrogens (tertiary/aromatic N) is 1. The molecular weight excluding hydrogens is 208 g/mol. The Balaban J connectivity index is 3.48. The van der Waals surface area contributed by atoms with Gasteiger partial charge in [-0.05, 0) is 25.0 Å². The number of hydrogen-bond acceptors (Lipinski definition) is 5. The number of rotatable bonds is 4. The second kappa shape index (κ2) is 5.30. The first-order chi connectivity index (χ1) is 7.65. The number of aliphatic hydroxyl groups is 1. The van der Waals surface area contributed by atoms with Crippen molar-refractivity contribution in [3.8, 4) is 5.75 Å². The Morgan fingerprint density at radius 3 is 2.75 bits per heavy atom. The molecule has 16 heavy (non-hydrogen) atoms. The van der Waals surface area contributed by atoms with E-state index < -0.39 is 0 Å². The minimum atomic E-state index is -0.298. The maximum atomic E-state index is 10.3. The standard InChI is InChI=1S/C11H14N2O3/c1-3-8-10(12-5-14)7(2)4-9(16)11(8)13-6-15/h4,13,15-16H,3,6H2,1-2H3. The lowest BCUT2D eigenvalue weighted by Gasteiger charge is -2.14. The number of anilines is 1. The molecule has 3 N–H and O–H groups in total. The second-order valence-electron chi connectivity index (χ2n) is 3.31. The molecule has 0 radical (unpaired) electrons. The Morgan fingerprint density at radius 2 is 2.25 bits per heavy atom. The average molecular weight is 222 g/mol. The highest BCUT2D eigenvalue weighted by atomic mass is 16.3. The lowest BCUT2D eigenvalue weighted by Crippen LogP contribution is -2.04. The van der Waals surface area contributed by atoms with Gasteiger partial charge >= 0.3 is 0 Å². The summed E-state index contributed by atoms with van der Waals surface area (Å²) < 4.78 is 0. The van der Waals surface area contributed by atoms with Gasteiger partial charge in [-0.25, -0.2) is 4.79 Å². The van der Waals surface area contributed by atoms with Crippen LogP contribution < -0.4 is 5.32 Å². The van der Waals surface area contributed by atoms with Gasteiger partial charge < -0.3 is 15.5 Å². The summed E-state index contributed by atoms with van der Waals surface area (Å²) >= 11 is 0. The second-order valence-corrected chi connectivity index (χ2v) is 3.31. The van der Waals surface area contributed by atoms with E-state index in [2.05, 4.69) is 10.3 Å². The van der Waals surface area contributed by atoms with Crippen LogP contribution in [-0.4, -0.2) is 23.0 Å². The summed E-state index contributed by atoms with van der Waals surface area (Å²) in [6.07, 6.45) is 2.07. The van der Waals surface area contributed by atoms with Crippen LogP contribution in [0.3, 0.4) is 0 Å². The highest BCUT2D eigenvalue weighted by Gasteiger charge is 2.14. The van der Waals surface area contributed by atoms with Crippen molar-refractivity contribution in [2.75, 3.05) is 12.0 Å². The molecule has 0 fully saturated rings. The number of phenolic OH excluding ortho intramolecular Hbond substituents is 1. The van der Waals surface area contributed by atoms with Gasteiger partial charge in [-0.3, -0.25) is 0 Å². The maximum absolute atomic E-state index is 10.3. The van der Waals surface area contributed by atoms with Gasteiger partial charge in [-0.15, -0.1) is 0 Å². The summed E-state index contributed by atoms with van der Waals surface area (Å²) in [6.45, 7) is 3.33. The molecule has 0 aromatic heterocycles. The topological polar surface area (TPSA) is 81.9 Å². The third-order valence-corrected chi connectivity index (χ3v) is 2.34. The molecule has 1 rings (SSSR count). The van der Waals surface area contributed by atoms with E-state index in [0.717, 1.165) is 0 Å². The predicted molar refractivity (Wildman–Crippen MR) is 60.7 cm³/mol. The molecule has 0 aliphatic carbocycles. The van der Waals surface area contributed by atoms with Crippen LogP contribution in [0.4, 0.5) is 11.4 Å². The first-order valence-corrected chi connectivity index (χ1v) is 4.93. The summed E-state index contributed by atoms with van der Waals surface area (Å²) in [5.41, 5.74) is 2.28. The number of aliphatic hydroxyl groups excluding tert-OH is 1. The fraction of sp³-hybridized carbons (Fsp3) is 0.364. The zero-order chi connectivity index (χ0) is 12.1. The largest absolute Gasteiger partial charge is 0.506 e. The van der Waals surface area contributed by atoms with Crippen molar-refractivity contribution in [3.05, 3.63) is 17.2 Å². The summed E-state index contributed by atoms with van der Waals surface area (Å²) in [6, 6.07) is 1.49. The van der Waals surface area contributed by atoms with Crippen molar-refractivity contribution in [1.29, 1.82) is 0 Å². The Hall–Kier alpha value is -1.84. The number of aliphatic imine (C=N–C) groups is 1. The van der Waals surface area contributed by atoms with E-state index in [4.69, 9.17) is 5.11 Å². The van der Waals surface area contributed by atoms with E-state index in [9.17, 15) is 9.90 Å². The van der Waals surface area contributed by atoms with Crippen molar-refractivity contribution in [3.63, 3.8) is 0 Å². The molecule has 1 aromatic rings. The SMILES string of the molecule is CCc1c(N=C=O)c(C)cc(O)c1NCO. The van der Waals surface area contributed by atoms with Crippen LogP contribution in [-0.2, 0) is 11.2 Å². The molecule has 86 valence electrons. The molecule has 0 saturated heterocycles. The quantitative estimate of drug-likeness (QED) is 0.313. The number of aryl methyl sites for hydroxylation is 1. The zero-order valence-corrected chi connectivity index (χ0v) is 9.24. The van der Waals surface area contributed by atoms with Crippen molar-refractivity contribution in [2.24, 2.45) is 4.99 Å². The highest BCUT2D eigenvalue weighted by Crippen LogP contribution is 2.37. The fourth-order valence-corrected chi connectivity index (χ4v) is 1.68. The van der Waals surface area contributed by atoms with Gasteiger partial charge in [0.2, 0.25) is 6.08 Å². The van der Waals surface area contributed by atoms with Gasteiger partial charge in [-0.2, -0.15) is 4.99 Å². The van der Waals surface area contributed by atoms with Gasteiger partial charge in [0.05, 0.1) is 11.4 Å². The van der Waals surface area contributed by atoms with E-state index in [0.29, 0.717) is 28.9 Å². The number of carbonyl (C=O) groups excluding carboxylic acids is 1. The summed E-state index contributed by atoms with van der Waals surface area (Å²) in [5.74, 6) is 0.0354. The Morgan fingerprint density at radius 1 is 1.56 bits per heavy atom. The summed E-state index contributed by atoms with van der Waals surface area (Å²) in [7, 11) is 0. The molecule has 0 amide bonds. The Kier molecular flexibility index (Phi) is 4.05. The molecule has 0 spiro atoms. The normalized spacial score (nSPS) is 9.69. The molecular formula is C11H14N2O3. The highest BCUT2D eigenvalue weighted by molar-refractivity contribution is 5.74. The third kappa shape index (κ3) is 2.21. The molecule has 5 nitrogen and oxygen atoms in total. The first-order valence-electron chi connectivity index (χ1n) is 4.93. The fourth-order valence-electron chi connectivity index (χ4n) is 1.68. The van der Waals surface area contributed by atoms with Crippen LogP contribution in [0, 0.1) is 6.92 Å². The van der Waals surface area contributed by atoms with Gasteiger partial charge in [0, 0.05) is 5.56 Å². The van der Waals surface area contributed by atoms with E-state index in [-0.39, 0.29) is 12.5 Å². The average Bonchev–Trinajstić information content (AvgIpc) is 2.25. The van der Waals surface area contributed by atoms with Crippen LogP contribution in [0.2, 0.25) is 0 Å². The number of benzene rings is 1. The molecule has 0 unspecified atom stereocenters. The van der Waals surface area contributed by atoms with E-state index in [1.807, 2.05) is 6.92 Å². The van der Waals surface area contributed by atoms with Crippen LogP contribution >= 0.6 is 0 Å². The molecule has 0 aliphatic rings. The van der Waals surface area contributed by atoms with E-state index >= 15 is 0 Å². The number of isocyanates is 1. The molecule has 1 aromatic carbocycles. The van der Waals surface area contributed by atoms with E-state index in [1.165, 1.54) is 12.1 Å². The monoisotopic (exact) mass is 222 g/mol. The number of phenols is 1. The molecule has 0 saturated carbocycles. The van der Waals surface area contributed by atoms with Crippen molar-refractivity contribution < 1.29 is 15.0 Å². The minimum absolute atomic E-state index is 0.0354. The van der Waals surface area contributed by atoms with Gasteiger partial charge in [0.1, 0.15) is 12.5 Å². The Bertz CT molecular complexity index is 437. The van der Waals surface area contributed by atoms with Gasteiger partial charge in [0.15, 0.2) is 0 Å². The van der Waals surface area contributed by atoms with Crippen molar-refractivity contribution in [2.45, 2.75) is 20.3 Å². The van der Waals surface area contributed by atoms with Gasteiger partial charge in [0.25, 0.3) is 0 Å². The summed E-state index contributed by atoms with van der Waals surface area (Å²) in [5, 5.41) is 21.2. The summed E-state index contributed by atoms with van der Waals surface area (Å²) in [4.78, 5) is 13.9. The van der Waals surface area contributed by atoms with Crippen LogP contribution in [0.25, 0.3) is 0 Å². The van der Waals surface area contributed by atoms with Crippen molar-refractivity contribution in [1.82, 2.24) is 0 Å². The first kappa shape index (κ1) is 12.2. The van der Waals surface area contributed by atoms with Gasteiger partial charge in [-0.1, -0.05) is 6.92 Å². The Labute approximate surface area is 93.5 Å². The van der Waals surface area contributed by atoms with Crippen LogP contribution in [0.15, 0.2) is 11.1 Å². The van der Waals surface area contributed by atoms with Crippen molar-refractivity contribution >= 4 is 17.5 Å². The minimum Gasteiger partial charge on any atom is -0.506 e. The lowest BCUT2D eigenvalue weighted by molar-refractivity contribution is 0.324. The number of hydrogen-bond donors (Lipinski definition) is 3. The van der Waals surface area contributed by atoms with Crippen LogP contribution in [0.1, 0.15) is 18.1 Å². The molecule has 0 aliphatic heterocycles. The molecule has 0 atom stereocenters. The number of nitrogens with one attached hydrogen (secondary N) is 1. The third-order valence-electron chi connectivity index (χ3n) is 2.34. The molecule has 5 heteroatoms. The predicted octanol–water partition coefficient (Wildman–Crippen LogP) is 1.59. The van der Waals surface area contributed by atoms with E-state index in [1.54, 1.807) is 6.92 Å². The molecule has 0 heterocycles. The lowest BCUT2D eigenvalue weighted by atomic mass is 10.0. The zero-order valence-electron chi connectivity index (χ0n) is 9.24. The smallest absolute Gasteiger partial charge is 0.240 e. The maximum Gasteiger partial charge on any atom is 0.240 e. The molecule has 0 bridgehead atoms. The van der Waals surface area contributed by atoms with Crippen LogP contribution in [0.5, 0.6) is 5.75 Å².